The maximum Gasteiger partial charge on any atom is 0.129 e. The Morgan fingerprint density at radius 2 is 2.43 bits per heavy atom. The summed E-state index contributed by atoms with van der Waals surface area (Å²) >= 11 is 3.35. The van der Waals surface area contributed by atoms with Crippen LogP contribution in [-0.2, 0) is 0 Å². The minimum Gasteiger partial charge on any atom is -0.396 e. The highest BCUT2D eigenvalue weighted by Crippen LogP contribution is 2.22. The van der Waals surface area contributed by atoms with Gasteiger partial charge < -0.3 is 10.0 Å². The topological polar surface area (TPSA) is 36.4 Å². The number of halogens is 1. The molecule has 0 aliphatic carbocycles. The third kappa shape index (κ3) is 2.07. The van der Waals surface area contributed by atoms with Crippen LogP contribution in [0, 0.1) is 5.92 Å². The van der Waals surface area contributed by atoms with Gasteiger partial charge in [0, 0.05) is 25.6 Å². The molecular weight excluding hydrogens is 244 g/mol. The van der Waals surface area contributed by atoms with Crippen LogP contribution in [0.4, 0.5) is 5.82 Å². The van der Waals surface area contributed by atoms with Crippen LogP contribution in [0.3, 0.4) is 0 Å². The van der Waals surface area contributed by atoms with Gasteiger partial charge in [-0.15, -0.1) is 0 Å². The van der Waals surface area contributed by atoms with Crippen molar-refractivity contribution < 1.29 is 5.11 Å². The van der Waals surface area contributed by atoms with E-state index in [1.54, 1.807) is 0 Å². The molecule has 0 radical (unpaired) electrons. The van der Waals surface area contributed by atoms with Crippen molar-refractivity contribution in [2.45, 2.75) is 6.42 Å². The second-order valence-corrected chi connectivity index (χ2v) is 4.41. The molecule has 1 aromatic heterocycles. The predicted octanol–water partition coefficient (Wildman–Crippen LogP) is 1.66. The van der Waals surface area contributed by atoms with Crippen LogP contribution in [0.25, 0.3) is 0 Å². The second-order valence-electron chi connectivity index (χ2n) is 3.60. The Balaban J connectivity index is 2.09. The maximum absolute atomic E-state index is 9.03. The van der Waals surface area contributed by atoms with Crippen molar-refractivity contribution in [1.82, 2.24) is 4.98 Å². The van der Waals surface area contributed by atoms with E-state index in [1.807, 2.05) is 18.2 Å². The van der Waals surface area contributed by atoms with Crippen LogP contribution in [0.5, 0.6) is 0 Å². The fourth-order valence-electron chi connectivity index (χ4n) is 1.76. The van der Waals surface area contributed by atoms with Crippen molar-refractivity contribution in [1.29, 1.82) is 0 Å². The lowest BCUT2D eigenvalue weighted by Crippen LogP contribution is -2.21. The molecule has 0 spiro atoms. The summed E-state index contributed by atoms with van der Waals surface area (Å²) in [5, 5.41) is 9.03. The minimum absolute atomic E-state index is 0.282. The Hall–Kier alpha value is -0.610. The van der Waals surface area contributed by atoms with Crippen molar-refractivity contribution in [3.05, 3.63) is 22.8 Å². The van der Waals surface area contributed by atoms with E-state index >= 15 is 0 Å². The number of nitrogens with zero attached hydrogens (tertiary/aromatic N) is 2. The molecule has 1 atom stereocenters. The van der Waals surface area contributed by atoms with E-state index in [-0.39, 0.29) is 6.61 Å². The zero-order valence-electron chi connectivity index (χ0n) is 7.86. The highest BCUT2D eigenvalue weighted by molar-refractivity contribution is 9.10. The lowest BCUT2D eigenvalue weighted by Gasteiger charge is -2.16. The quantitative estimate of drug-likeness (QED) is 0.818. The Morgan fingerprint density at radius 3 is 3.07 bits per heavy atom. The molecule has 3 nitrogen and oxygen atoms in total. The maximum atomic E-state index is 9.03. The van der Waals surface area contributed by atoms with Gasteiger partial charge in [-0.3, -0.25) is 0 Å². The first kappa shape index (κ1) is 9.93. The Labute approximate surface area is 91.9 Å². The molecule has 76 valence electrons. The molecule has 2 heterocycles. The minimum atomic E-state index is 0.282. The Morgan fingerprint density at radius 1 is 1.57 bits per heavy atom. The molecule has 0 bridgehead atoms. The summed E-state index contributed by atoms with van der Waals surface area (Å²) in [7, 11) is 0. The normalized spacial score (nSPS) is 21.6. The summed E-state index contributed by atoms with van der Waals surface area (Å²) in [5.74, 6) is 1.41. The second kappa shape index (κ2) is 4.28. The van der Waals surface area contributed by atoms with Gasteiger partial charge in [0.2, 0.25) is 0 Å². The van der Waals surface area contributed by atoms with Gasteiger partial charge in [-0.1, -0.05) is 6.07 Å². The van der Waals surface area contributed by atoms with Gasteiger partial charge in [0.05, 0.1) is 0 Å². The van der Waals surface area contributed by atoms with E-state index in [9.17, 15) is 0 Å². The Kier molecular flexibility index (Phi) is 3.03. The van der Waals surface area contributed by atoms with Crippen molar-refractivity contribution in [3.63, 3.8) is 0 Å². The van der Waals surface area contributed by atoms with Crippen LogP contribution in [0.2, 0.25) is 0 Å². The highest BCUT2D eigenvalue weighted by atomic mass is 79.9. The molecule has 1 aliphatic rings. The zero-order chi connectivity index (χ0) is 9.97. The van der Waals surface area contributed by atoms with Crippen molar-refractivity contribution >= 4 is 21.7 Å². The Bertz CT molecular complexity index is 319. The fourth-order valence-corrected chi connectivity index (χ4v) is 2.10. The highest BCUT2D eigenvalue weighted by Gasteiger charge is 2.22. The van der Waals surface area contributed by atoms with Crippen LogP contribution in [0.1, 0.15) is 6.42 Å². The van der Waals surface area contributed by atoms with Gasteiger partial charge in [-0.25, -0.2) is 4.98 Å². The number of pyridine rings is 1. The van der Waals surface area contributed by atoms with E-state index < -0.39 is 0 Å². The SMILES string of the molecule is OCC1CCN(c2cccc(Br)n2)C1. The molecule has 0 aromatic carbocycles. The van der Waals surface area contributed by atoms with Crippen LogP contribution in [-0.4, -0.2) is 29.8 Å². The first-order valence-electron chi connectivity index (χ1n) is 4.78. The molecule has 1 unspecified atom stereocenters. The number of hydrogen-bond donors (Lipinski definition) is 1. The van der Waals surface area contributed by atoms with Gasteiger partial charge in [0.25, 0.3) is 0 Å². The van der Waals surface area contributed by atoms with Gasteiger partial charge >= 0.3 is 0 Å². The number of anilines is 1. The summed E-state index contributed by atoms with van der Waals surface area (Å²) in [6.45, 7) is 2.19. The summed E-state index contributed by atoms with van der Waals surface area (Å²) in [6.07, 6.45) is 1.06. The number of aliphatic hydroxyl groups is 1. The van der Waals surface area contributed by atoms with E-state index in [2.05, 4.69) is 25.8 Å². The molecular formula is C10H13BrN2O. The molecule has 1 saturated heterocycles. The smallest absolute Gasteiger partial charge is 0.129 e. The number of aromatic nitrogens is 1. The van der Waals surface area contributed by atoms with E-state index in [1.165, 1.54) is 0 Å². The van der Waals surface area contributed by atoms with Crippen molar-refractivity contribution in [3.8, 4) is 0 Å². The van der Waals surface area contributed by atoms with Gasteiger partial charge in [0.15, 0.2) is 0 Å². The van der Waals surface area contributed by atoms with Crippen LogP contribution in [0.15, 0.2) is 22.8 Å². The van der Waals surface area contributed by atoms with Crippen LogP contribution < -0.4 is 4.90 Å². The average Bonchev–Trinajstić information content (AvgIpc) is 2.66. The molecule has 0 amide bonds. The molecule has 14 heavy (non-hydrogen) atoms. The number of hydrogen-bond acceptors (Lipinski definition) is 3. The van der Waals surface area contributed by atoms with Crippen molar-refractivity contribution in [2.24, 2.45) is 5.92 Å². The summed E-state index contributed by atoms with van der Waals surface area (Å²) in [4.78, 5) is 6.60. The molecule has 1 aromatic rings. The monoisotopic (exact) mass is 256 g/mol. The van der Waals surface area contributed by atoms with Gasteiger partial charge in [0.1, 0.15) is 10.4 Å². The standard InChI is InChI=1S/C10H13BrN2O/c11-9-2-1-3-10(12-9)13-5-4-8(6-13)7-14/h1-3,8,14H,4-7H2. The van der Waals surface area contributed by atoms with Crippen molar-refractivity contribution in [2.75, 3.05) is 24.6 Å². The lowest BCUT2D eigenvalue weighted by atomic mass is 10.1. The fraction of sp³-hybridized carbons (Fsp3) is 0.500. The molecule has 2 rings (SSSR count). The van der Waals surface area contributed by atoms with E-state index in [0.29, 0.717) is 5.92 Å². The largest absolute Gasteiger partial charge is 0.396 e. The molecule has 4 heteroatoms. The number of aliphatic hydroxyl groups excluding tert-OH is 1. The first-order chi connectivity index (χ1) is 6.79. The third-order valence-corrected chi connectivity index (χ3v) is 3.01. The average molecular weight is 257 g/mol. The predicted molar refractivity (Wildman–Crippen MR) is 59.3 cm³/mol. The van der Waals surface area contributed by atoms with Gasteiger partial charge in [-0.2, -0.15) is 0 Å². The molecule has 1 N–H and O–H groups in total. The lowest BCUT2D eigenvalue weighted by molar-refractivity contribution is 0.238. The zero-order valence-corrected chi connectivity index (χ0v) is 9.44. The molecule has 0 saturated carbocycles. The molecule has 1 aliphatic heterocycles. The van der Waals surface area contributed by atoms with E-state index in [0.717, 1.165) is 29.9 Å². The van der Waals surface area contributed by atoms with E-state index in [4.69, 9.17) is 5.11 Å². The summed E-state index contributed by atoms with van der Waals surface area (Å²) in [5.41, 5.74) is 0. The summed E-state index contributed by atoms with van der Waals surface area (Å²) < 4.78 is 0.863. The van der Waals surface area contributed by atoms with Gasteiger partial charge in [-0.05, 0) is 34.5 Å². The molecule has 1 fully saturated rings. The first-order valence-corrected chi connectivity index (χ1v) is 5.57. The third-order valence-electron chi connectivity index (χ3n) is 2.57. The number of rotatable bonds is 2. The van der Waals surface area contributed by atoms with Crippen LogP contribution >= 0.6 is 15.9 Å². The summed E-state index contributed by atoms with van der Waals surface area (Å²) in [6, 6.07) is 5.91.